The van der Waals surface area contributed by atoms with E-state index >= 15 is 0 Å². The van der Waals surface area contributed by atoms with Gasteiger partial charge in [0, 0.05) is 4.47 Å². The Balaban J connectivity index is 2.09. The molecule has 1 aromatic carbocycles. The second kappa shape index (κ2) is 3.91. The van der Waals surface area contributed by atoms with Gasteiger partial charge >= 0.3 is 0 Å². The van der Waals surface area contributed by atoms with E-state index in [0.29, 0.717) is 13.2 Å². The van der Waals surface area contributed by atoms with E-state index in [9.17, 15) is 0 Å². The predicted molar refractivity (Wildman–Crippen MR) is 58.6 cm³/mol. The molecular weight excluding hydrogens is 244 g/mol. The van der Waals surface area contributed by atoms with E-state index in [1.54, 1.807) is 0 Å². The molecule has 14 heavy (non-hydrogen) atoms. The first-order valence-electron chi connectivity index (χ1n) is 4.76. The van der Waals surface area contributed by atoms with E-state index in [2.05, 4.69) is 22.9 Å². The third kappa shape index (κ3) is 1.93. The van der Waals surface area contributed by atoms with Gasteiger partial charge in [0.15, 0.2) is 5.60 Å². The van der Waals surface area contributed by atoms with Crippen molar-refractivity contribution in [3.05, 3.63) is 28.7 Å². The Morgan fingerprint density at radius 3 is 2.79 bits per heavy atom. The Kier molecular flexibility index (Phi) is 2.79. The van der Waals surface area contributed by atoms with Gasteiger partial charge in [0.05, 0.1) is 13.2 Å². The third-order valence-corrected chi connectivity index (χ3v) is 3.00. The molecule has 1 aliphatic rings. The summed E-state index contributed by atoms with van der Waals surface area (Å²) in [5.41, 5.74) is -0.0825. The number of benzene rings is 1. The van der Waals surface area contributed by atoms with Crippen molar-refractivity contribution in [1.29, 1.82) is 0 Å². The van der Waals surface area contributed by atoms with E-state index in [1.807, 2.05) is 24.3 Å². The number of rotatable bonds is 3. The van der Waals surface area contributed by atoms with Gasteiger partial charge in [0.25, 0.3) is 0 Å². The first kappa shape index (κ1) is 9.99. The van der Waals surface area contributed by atoms with E-state index in [-0.39, 0.29) is 5.60 Å². The molecule has 0 atom stereocenters. The average molecular weight is 257 g/mol. The van der Waals surface area contributed by atoms with Gasteiger partial charge in [-0.05, 0) is 24.6 Å². The van der Waals surface area contributed by atoms with Crippen LogP contribution in [0.2, 0.25) is 0 Å². The van der Waals surface area contributed by atoms with E-state index < -0.39 is 0 Å². The number of hydrogen-bond donors (Lipinski definition) is 0. The number of ether oxygens (including phenoxy) is 2. The highest BCUT2D eigenvalue weighted by Gasteiger charge is 2.39. The minimum atomic E-state index is -0.0825. The fourth-order valence-electron chi connectivity index (χ4n) is 1.45. The molecule has 76 valence electrons. The Labute approximate surface area is 92.3 Å². The van der Waals surface area contributed by atoms with Crippen LogP contribution >= 0.6 is 15.9 Å². The standard InChI is InChI=1S/C11H13BrO2/c1-2-11(7-13-8-11)14-10-5-3-4-9(12)6-10/h3-6H,2,7-8H2,1H3. The monoisotopic (exact) mass is 256 g/mol. The quantitative estimate of drug-likeness (QED) is 0.828. The fraction of sp³-hybridized carbons (Fsp3) is 0.455. The zero-order valence-corrected chi connectivity index (χ0v) is 9.71. The molecular formula is C11H13BrO2. The van der Waals surface area contributed by atoms with Gasteiger partial charge in [-0.15, -0.1) is 0 Å². The zero-order chi connectivity index (χ0) is 10.0. The van der Waals surface area contributed by atoms with Crippen molar-refractivity contribution in [2.24, 2.45) is 0 Å². The normalized spacial score (nSPS) is 18.7. The van der Waals surface area contributed by atoms with Crippen LogP contribution in [0.4, 0.5) is 0 Å². The van der Waals surface area contributed by atoms with E-state index in [4.69, 9.17) is 9.47 Å². The maximum Gasteiger partial charge on any atom is 0.155 e. The largest absolute Gasteiger partial charge is 0.482 e. The predicted octanol–water partition coefficient (Wildman–Crippen LogP) is 3.01. The molecule has 1 saturated heterocycles. The number of hydrogen-bond acceptors (Lipinski definition) is 2. The Bertz CT molecular complexity index is 315. The summed E-state index contributed by atoms with van der Waals surface area (Å²) in [6.07, 6.45) is 0.986. The number of halogens is 1. The lowest BCUT2D eigenvalue weighted by molar-refractivity contribution is -0.162. The van der Waals surface area contributed by atoms with Crippen molar-refractivity contribution in [2.75, 3.05) is 13.2 Å². The van der Waals surface area contributed by atoms with Crippen LogP contribution in [0.1, 0.15) is 13.3 Å². The highest BCUT2D eigenvalue weighted by molar-refractivity contribution is 9.10. The molecule has 0 aliphatic carbocycles. The zero-order valence-electron chi connectivity index (χ0n) is 8.13. The summed E-state index contributed by atoms with van der Waals surface area (Å²) < 4.78 is 12.2. The molecule has 1 heterocycles. The van der Waals surface area contributed by atoms with E-state index in [0.717, 1.165) is 16.6 Å². The topological polar surface area (TPSA) is 18.5 Å². The molecule has 0 spiro atoms. The van der Waals surface area contributed by atoms with Crippen molar-refractivity contribution in [3.63, 3.8) is 0 Å². The molecule has 2 rings (SSSR count). The van der Waals surface area contributed by atoms with Crippen LogP contribution in [0, 0.1) is 0 Å². The van der Waals surface area contributed by atoms with Gasteiger partial charge in [0.2, 0.25) is 0 Å². The molecule has 0 radical (unpaired) electrons. The Hall–Kier alpha value is -0.540. The third-order valence-electron chi connectivity index (χ3n) is 2.51. The molecule has 1 fully saturated rings. The Morgan fingerprint density at radius 1 is 1.50 bits per heavy atom. The van der Waals surface area contributed by atoms with Crippen molar-refractivity contribution in [2.45, 2.75) is 18.9 Å². The van der Waals surface area contributed by atoms with Crippen molar-refractivity contribution < 1.29 is 9.47 Å². The van der Waals surface area contributed by atoms with Gasteiger partial charge in [-0.25, -0.2) is 0 Å². The minimum absolute atomic E-state index is 0.0825. The van der Waals surface area contributed by atoms with Gasteiger partial charge in [-0.1, -0.05) is 28.9 Å². The second-order valence-electron chi connectivity index (χ2n) is 3.59. The average Bonchev–Trinajstić information content (AvgIpc) is 2.11. The van der Waals surface area contributed by atoms with Gasteiger partial charge in [-0.2, -0.15) is 0 Å². The highest BCUT2D eigenvalue weighted by atomic mass is 79.9. The van der Waals surface area contributed by atoms with Crippen molar-refractivity contribution in [3.8, 4) is 5.75 Å². The molecule has 0 bridgehead atoms. The van der Waals surface area contributed by atoms with Crippen LogP contribution in [-0.2, 0) is 4.74 Å². The van der Waals surface area contributed by atoms with Crippen LogP contribution in [0.25, 0.3) is 0 Å². The van der Waals surface area contributed by atoms with Crippen LogP contribution in [0.15, 0.2) is 28.7 Å². The summed E-state index contributed by atoms with van der Waals surface area (Å²) in [6.45, 7) is 3.53. The molecule has 2 nitrogen and oxygen atoms in total. The van der Waals surface area contributed by atoms with Crippen molar-refractivity contribution >= 4 is 15.9 Å². The van der Waals surface area contributed by atoms with Gasteiger partial charge in [0.1, 0.15) is 5.75 Å². The minimum Gasteiger partial charge on any atom is -0.482 e. The van der Waals surface area contributed by atoms with Gasteiger partial charge in [-0.3, -0.25) is 0 Å². The van der Waals surface area contributed by atoms with Crippen LogP contribution in [0.3, 0.4) is 0 Å². The summed E-state index contributed by atoms with van der Waals surface area (Å²) in [5, 5.41) is 0. The summed E-state index contributed by atoms with van der Waals surface area (Å²) in [7, 11) is 0. The van der Waals surface area contributed by atoms with Gasteiger partial charge < -0.3 is 9.47 Å². The first-order chi connectivity index (χ1) is 6.74. The smallest absolute Gasteiger partial charge is 0.155 e. The molecule has 0 saturated carbocycles. The van der Waals surface area contributed by atoms with Crippen LogP contribution < -0.4 is 4.74 Å². The van der Waals surface area contributed by atoms with Crippen LogP contribution in [-0.4, -0.2) is 18.8 Å². The molecule has 0 amide bonds. The highest BCUT2D eigenvalue weighted by Crippen LogP contribution is 2.29. The first-order valence-corrected chi connectivity index (χ1v) is 5.56. The van der Waals surface area contributed by atoms with Crippen molar-refractivity contribution in [1.82, 2.24) is 0 Å². The molecule has 0 aromatic heterocycles. The lowest BCUT2D eigenvalue weighted by Gasteiger charge is -2.40. The maximum atomic E-state index is 5.91. The summed E-state index contributed by atoms with van der Waals surface area (Å²) >= 11 is 3.42. The summed E-state index contributed by atoms with van der Waals surface area (Å²) in [4.78, 5) is 0. The summed E-state index contributed by atoms with van der Waals surface area (Å²) in [6, 6.07) is 7.92. The molecule has 1 aliphatic heterocycles. The maximum absolute atomic E-state index is 5.91. The molecule has 1 aromatic rings. The second-order valence-corrected chi connectivity index (χ2v) is 4.50. The summed E-state index contributed by atoms with van der Waals surface area (Å²) in [5.74, 6) is 0.907. The SMILES string of the molecule is CCC1(Oc2cccc(Br)c2)COC1. The molecule has 0 N–H and O–H groups in total. The van der Waals surface area contributed by atoms with E-state index in [1.165, 1.54) is 0 Å². The van der Waals surface area contributed by atoms with Crippen LogP contribution in [0.5, 0.6) is 5.75 Å². The Morgan fingerprint density at radius 2 is 2.29 bits per heavy atom. The molecule has 3 heteroatoms. The fourth-order valence-corrected chi connectivity index (χ4v) is 1.82. The molecule has 0 unspecified atom stereocenters. The lowest BCUT2D eigenvalue weighted by Crippen LogP contribution is -2.53. The lowest BCUT2D eigenvalue weighted by atomic mass is 9.99.